The summed E-state index contributed by atoms with van der Waals surface area (Å²) < 4.78 is 20.0. The highest BCUT2D eigenvalue weighted by molar-refractivity contribution is 6.31. The van der Waals surface area contributed by atoms with Gasteiger partial charge in [-0.15, -0.1) is 0 Å². The summed E-state index contributed by atoms with van der Waals surface area (Å²) in [5.74, 6) is -2.28. The average Bonchev–Trinajstić information content (AvgIpc) is 2.62. The highest BCUT2D eigenvalue weighted by Crippen LogP contribution is 2.43. The first kappa shape index (κ1) is 18.5. The van der Waals surface area contributed by atoms with Crippen molar-refractivity contribution in [1.29, 1.82) is 5.26 Å². The number of halogens is 2. The Labute approximate surface area is 160 Å². The van der Waals surface area contributed by atoms with E-state index in [1.807, 2.05) is 12.1 Å². The number of ether oxygens (including phenoxy) is 1. The van der Waals surface area contributed by atoms with E-state index >= 15 is 0 Å². The molecule has 2 aromatic carbocycles. The summed E-state index contributed by atoms with van der Waals surface area (Å²) in [4.78, 5) is 13.0. The number of para-hydroxylation sites is 1. The van der Waals surface area contributed by atoms with Crippen LogP contribution in [0.2, 0.25) is 5.02 Å². The summed E-state index contributed by atoms with van der Waals surface area (Å²) in [6.45, 7) is 1.53. The smallest absolute Gasteiger partial charge is 0.255 e. The Hall–Kier alpha value is -3.30. The van der Waals surface area contributed by atoms with Gasteiger partial charge in [0.1, 0.15) is 23.2 Å². The average molecular weight is 384 g/mol. The van der Waals surface area contributed by atoms with E-state index in [-0.39, 0.29) is 33.4 Å². The van der Waals surface area contributed by atoms with Crippen LogP contribution in [0.15, 0.2) is 71.3 Å². The van der Waals surface area contributed by atoms with Crippen molar-refractivity contribution < 1.29 is 13.9 Å². The number of nitrogens with two attached hydrogens (primary N) is 1. The van der Waals surface area contributed by atoms with E-state index in [1.54, 1.807) is 24.3 Å². The van der Waals surface area contributed by atoms with E-state index < -0.39 is 17.6 Å². The van der Waals surface area contributed by atoms with Crippen LogP contribution >= 0.6 is 11.6 Å². The van der Waals surface area contributed by atoms with Crippen LogP contribution in [0.3, 0.4) is 0 Å². The molecule has 0 saturated carbocycles. The van der Waals surface area contributed by atoms with Gasteiger partial charge in [-0.3, -0.25) is 4.79 Å². The Bertz CT molecular complexity index is 989. The molecular formula is C20H15ClFN3O2. The van der Waals surface area contributed by atoms with Gasteiger partial charge in [-0.2, -0.15) is 5.26 Å². The van der Waals surface area contributed by atoms with E-state index in [0.717, 1.165) is 0 Å². The minimum absolute atomic E-state index is 0.000437. The summed E-state index contributed by atoms with van der Waals surface area (Å²) in [6, 6.07) is 14.8. The number of nitrogens with one attached hydrogen (secondary N) is 1. The van der Waals surface area contributed by atoms with Crippen LogP contribution in [0.25, 0.3) is 0 Å². The van der Waals surface area contributed by atoms with Gasteiger partial charge in [-0.1, -0.05) is 35.9 Å². The van der Waals surface area contributed by atoms with Crippen molar-refractivity contribution in [3.63, 3.8) is 0 Å². The molecule has 5 nitrogen and oxygen atoms in total. The van der Waals surface area contributed by atoms with Crippen molar-refractivity contribution in [3.8, 4) is 6.07 Å². The van der Waals surface area contributed by atoms with Crippen molar-refractivity contribution in [2.75, 3.05) is 5.32 Å². The fraction of sp³-hybridized carbons (Fsp3) is 0.100. The molecule has 0 aliphatic carbocycles. The fourth-order valence-electron chi connectivity index (χ4n) is 2.97. The largest absolute Gasteiger partial charge is 0.445 e. The van der Waals surface area contributed by atoms with E-state index in [1.165, 1.54) is 25.1 Å². The minimum Gasteiger partial charge on any atom is -0.445 e. The molecule has 136 valence electrons. The summed E-state index contributed by atoms with van der Waals surface area (Å²) in [5, 5.41) is 12.4. The number of allylic oxidation sites excluding steroid dienone is 2. The molecule has 7 heteroatoms. The Balaban J connectivity index is 2.14. The minimum atomic E-state index is -1.08. The summed E-state index contributed by atoms with van der Waals surface area (Å²) in [7, 11) is 0. The lowest BCUT2D eigenvalue weighted by Gasteiger charge is -2.28. The predicted molar refractivity (Wildman–Crippen MR) is 99.8 cm³/mol. The molecule has 0 spiro atoms. The van der Waals surface area contributed by atoms with E-state index in [9.17, 15) is 14.4 Å². The van der Waals surface area contributed by atoms with E-state index in [2.05, 4.69) is 5.32 Å². The number of anilines is 1. The van der Waals surface area contributed by atoms with Gasteiger partial charge in [0.15, 0.2) is 0 Å². The van der Waals surface area contributed by atoms with Gasteiger partial charge >= 0.3 is 0 Å². The maximum atomic E-state index is 14.6. The van der Waals surface area contributed by atoms with Gasteiger partial charge in [-0.05, 0) is 31.2 Å². The third-order valence-electron chi connectivity index (χ3n) is 4.17. The quantitative estimate of drug-likeness (QED) is 0.831. The topological polar surface area (TPSA) is 88.1 Å². The first-order valence-electron chi connectivity index (χ1n) is 8.02. The van der Waals surface area contributed by atoms with E-state index in [4.69, 9.17) is 22.1 Å². The first-order chi connectivity index (χ1) is 12.9. The Morgan fingerprint density at radius 2 is 1.96 bits per heavy atom. The maximum absolute atomic E-state index is 14.6. The van der Waals surface area contributed by atoms with E-state index in [0.29, 0.717) is 5.69 Å². The number of benzene rings is 2. The lowest BCUT2D eigenvalue weighted by atomic mass is 9.82. The number of hydrogen-bond acceptors (Lipinski definition) is 4. The number of hydrogen-bond donors (Lipinski definition) is 2. The van der Waals surface area contributed by atoms with Crippen molar-refractivity contribution in [3.05, 3.63) is 87.7 Å². The molecule has 1 aliphatic rings. The molecule has 27 heavy (non-hydrogen) atoms. The van der Waals surface area contributed by atoms with Crippen molar-refractivity contribution >= 4 is 23.2 Å². The third kappa shape index (κ3) is 3.50. The first-order valence-corrected chi connectivity index (χ1v) is 8.40. The number of carbonyl (C=O) groups excluding carboxylic acids is 1. The monoisotopic (exact) mass is 383 g/mol. The second-order valence-corrected chi connectivity index (χ2v) is 6.26. The molecular weight excluding hydrogens is 369 g/mol. The zero-order chi connectivity index (χ0) is 19.6. The van der Waals surface area contributed by atoms with Crippen molar-refractivity contribution in [2.24, 2.45) is 5.73 Å². The molecule has 1 heterocycles. The molecule has 0 saturated heterocycles. The third-order valence-corrected chi connectivity index (χ3v) is 4.50. The lowest BCUT2D eigenvalue weighted by molar-refractivity contribution is -0.113. The molecule has 0 unspecified atom stereocenters. The second kappa shape index (κ2) is 7.52. The maximum Gasteiger partial charge on any atom is 0.255 e. The van der Waals surface area contributed by atoms with Gasteiger partial charge in [0.2, 0.25) is 5.88 Å². The lowest BCUT2D eigenvalue weighted by Crippen LogP contribution is -2.28. The molecule has 1 atom stereocenters. The predicted octanol–water partition coefficient (Wildman–Crippen LogP) is 4.20. The van der Waals surface area contributed by atoms with Crippen molar-refractivity contribution in [1.82, 2.24) is 0 Å². The molecule has 3 N–H and O–H groups in total. The zero-order valence-electron chi connectivity index (χ0n) is 14.3. The normalized spacial score (nSPS) is 16.6. The molecule has 2 aromatic rings. The Morgan fingerprint density at radius 3 is 2.59 bits per heavy atom. The highest BCUT2D eigenvalue weighted by Gasteiger charge is 2.38. The molecule has 0 bridgehead atoms. The Kier molecular flexibility index (Phi) is 5.15. The van der Waals surface area contributed by atoms with Crippen molar-refractivity contribution in [2.45, 2.75) is 12.8 Å². The standard InChI is InChI=1S/C20H15ClFN3O2/c1-11-16(20(26)25-12-6-3-2-4-7-12)17(13(10-23)19(24)27-11)18-14(21)8-5-9-15(18)22/h2-9,17H,24H2,1H3,(H,25,26)/t17-/m1/s1. The summed E-state index contributed by atoms with van der Waals surface area (Å²) >= 11 is 6.20. The van der Waals surface area contributed by atoms with Crippen LogP contribution in [0, 0.1) is 17.1 Å². The second-order valence-electron chi connectivity index (χ2n) is 5.85. The molecule has 1 amide bonds. The summed E-state index contributed by atoms with van der Waals surface area (Å²) in [6.07, 6.45) is 0. The van der Waals surface area contributed by atoms with Gasteiger partial charge in [0, 0.05) is 16.3 Å². The Morgan fingerprint density at radius 1 is 1.26 bits per heavy atom. The van der Waals surface area contributed by atoms with Crippen LogP contribution in [0.1, 0.15) is 18.4 Å². The molecule has 0 fully saturated rings. The van der Waals surface area contributed by atoms with Crippen LogP contribution < -0.4 is 11.1 Å². The van der Waals surface area contributed by atoms with Gasteiger partial charge in [0.25, 0.3) is 5.91 Å². The van der Waals surface area contributed by atoms with Gasteiger partial charge < -0.3 is 15.8 Å². The van der Waals surface area contributed by atoms with Crippen LogP contribution in [0.5, 0.6) is 0 Å². The fourth-order valence-corrected chi connectivity index (χ4v) is 3.24. The zero-order valence-corrected chi connectivity index (χ0v) is 15.0. The SMILES string of the molecule is CC1=C(C(=O)Nc2ccccc2)[C@H](c2c(F)cccc2Cl)C(C#N)=C(N)O1. The van der Waals surface area contributed by atoms with Crippen LogP contribution in [-0.4, -0.2) is 5.91 Å². The number of amides is 1. The van der Waals surface area contributed by atoms with Gasteiger partial charge in [-0.25, -0.2) is 4.39 Å². The number of nitriles is 1. The molecule has 0 radical (unpaired) electrons. The number of rotatable bonds is 3. The molecule has 0 aromatic heterocycles. The highest BCUT2D eigenvalue weighted by atomic mass is 35.5. The summed E-state index contributed by atoms with van der Waals surface area (Å²) in [5.41, 5.74) is 6.36. The van der Waals surface area contributed by atoms with Crippen LogP contribution in [-0.2, 0) is 9.53 Å². The number of nitrogens with zero attached hydrogens (tertiary/aromatic N) is 1. The molecule has 3 rings (SSSR count). The van der Waals surface area contributed by atoms with Crippen LogP contribution in [0.4, 0.5) is 10.1 Å². The number of carbonyl (C=O) groups is 1. The molecule has 1 aliphatic heterocycles. The van der Waals surface area contributed by atoms with Gasteiger partial charge in [0.05, 0.1) is 11.5 Å².